The number of piperazine rings is 1. The number of nitrogens with one attached hydrogen (secondary N) is 1. The fraction of sp³-hybridized carbons (Fsp3) is 0.185. The van der Waals surface area contributed by atoms with Gasteiger partial charge in [0.25, 0.3) is 0 Å². The van der Waals surface area contributed by atoms with Gasteiger partial charge in [-0.05, 0) is 23.3 Å². The number of nitriles is 1. The topological polar surface area (TPSA) is 93.3 Å². The maximum atomic E-state index is 12.1. The van der Waals surface area contributed by atoms with E-state index in [1.807, 2.05) is 29.2 Å². The Balaban J connectivity index is 1.39. The van der Waals surface area contributed by atoms with Crippen LogP contribution in [0, 0.1) is 11.5 Å². The van der Waals surface area contributed by atoms with Crippen LogP contribution in [0.25, 0.3) is 38.9 Å². The van der Waals surface area contributed by atoms with Gasteiger partial charge in [0.15, 0.2) is 11.8 Å². The van der Waals surface area contributed by atoms with E-state index in [4.69, 9.17) is 10.2 Å². The SMILES string of the molecule is N#CN1CCN(Cc2ccc(-c3nc4ccn5c(=O)[nH]nc5c4cc3-c3ccccc3)cc2)CC1. The molecule has 1 aliphatic rings. The summed E-state index contributed by atoms with van der Waals surface area (Å²) in [5.74, 6) is 0. The second-order valence-corrected chi connectivity index (χ2v) is 8.78. The highest BCUT2D eigenvalue weighted by Gasteiger charge is 2.17. The molecule has 8 heteroatoms. The number of aromatic nitrogens is 4. The van der Waals surface area contributed by atoms with Crippen LogP contribution >= 0.6 is 0 Å². The Labute approximate surface area is 201 Å². The van der Waals surface area contributed by atoms with Gasteiger partial charge in [0.2, 0.25) is 0 Å². The number of benzene rings is 2. The summed E-state index contributed by atoms with van der Waals surface area (Å²) in [5.41, 5.74) is 6.28. The summed E-state index contributed by atoms with van der Waals surface area (Å²) < 4.78 is 1.50. The molecular weight excluding hydrogens is 438 g/mol. The molecule has 0 unspecified atom stereocenters. The molecular formula is C27H23N7O. The van der Waals surface area contributed by atoms with Crippen LogP contribution in [-0.2, 0) is 6.54 Å². The van der Waals surface area contributed by atoms with E-state index < -0.39 is 0 Å². The first kappa shape index (κ1) is 21.1. The van der Waals surface area contributed by atoms with Gasteiger partial charge in [0.1, 0.15) is 0 Å². The first-order chi connectivity index (χ1) is 17.2. The van der Waals surface area contributed by atoms with Crippen molar-refractivity contribution in [2.45, 2.75) is 6.54 Å². The maximum absolute atomic E-state index is 12.1. The molecule has 0 radical (unpaired) electrons. The Bertz CT molecular complexity index is 1610. The van der Waals surface area contributed by atoms with Crippen molar-refractivity contribution in [1.29, 1.82) is 5.26 Å². The molecule has 0 amide bonds. The van der Waals surface area contributed by atoms with E-state index in [0.29, 0.717) is 5.65 Å². The third-order valence-electron chi connectivity index (χ3n) is 6.61. The second-order valence-electron chi connectivity index (χ2n) is 8.78. The monoisotopic (exact) mass is 461 g/mol. The summed E-state index contributed by atoms with van der Waals surface area (Å²) in [6, 6.07) is 22.6. The number of nitrogens with zero attached hydrogens (tertiary/aromatic N) is 6. The average molecular weight is 462 g/mol. The molecule has 5 aromatic rings. The van der Waals surface area contributed by atoms with Crippen molar-refractivity contribution in [1.82, 2.24) is 29.4 Å². The van der Waals surface area contributed by atoms with Crippen molar-refractivity contribution in [3.63, 3.8) is 0 Å². The molecule has 4 heterocycles. The molecule has 0 bridgehead atoms. The van der Waals surface area contributed by atoms with Crippen molar-refractivity contribution < 1.29 is 0 Å². The summed E-state index contributed by atoms with van der Waals surface area (Å²) in [4.78, 5) is 21.3. The lowest BCUT2D eigenvalue weighted by molar-refractivity contribution is 0.167. The molecule has 35 heavy (non-hydrogen) atoms. The molecule has 172 valence electrons. The van der Waals surface area contributed by atoms with Gasteiger partial charge >= 0.3 is 5.69 Å². The summed E-state index contributed by atoms with van der Waals surface area (Å²) in [6.45, 7) is 4.22. The van der Waals surface area contributed by atoms with E-state index in [1.165, 1.54) is 9.96 Å². The van der Waals surface area contributed by atoms with E-state index in [-0.39, 0.29) is 5.69 Å². The summed E-state index contributed by atoms with van der Waals surface area (Å²) >= 11 is 0. The Morgan fingerprint density at radius 3 is 2.46 bits per heavy atom. The molecule has 0 spiro atoms. The number of hydrogen-bond donors (Lipinski definition) is 1. The van der Waals surface area contributed by atoms with Crippen LogP contribution in [0.4, 0.5) is 0 Å². The van der Waals surface area contributed by atoms with Crippen molar-refractivity contribution >= 4 is 16.6 Å². The van der Waals surface area contributed by atoms with Crippen LogP contribution in [0.15, 0.2) is 77.7 Å². The fourth-order valence-electron chi connectivity index (χ4n) is 4.70. The smallest absolute Gasteiger partial charge is 0.308 e. The second kappa shape index (κ2) is 8.70. The Hall–Kier alpha value is -4.48. The lowest BCUT2D eigenvalue weighted by Gasteiger charge is -2.31. The first-order valence-corrected chi connectivity index (χ1v) is 11.6. The average Bonchev–Trinajstić information content (AvgIpc) is 3.30. The third-order valence-corrected chi connectivity index (χ3v) is 6.61. The van der Waals surface area contributed by atoms with E-state index in [0.717, 1.165) is 66.0 Å². The lowest BCUT2D eigenvalue weighted by Crippen LogP contribution is -2.43. The minimum Gasteiger partial charge on any atom is -0.308 e. The summed E-state index contributed by atoms with van der Waals surface area (Å²) in [7, 11) is 0. The van der Waals surface area contributed by atoms with Crippen LogP contribution in [-0.4, -0.2) is 55.6 Å². The Morgan fingerprint density at radius 1 is 0.943 bits per heavy atom. The van der Waals surface area contributed by atoms with Crippen LogP contribution in [0.5, 0.6) is 0 Å². The van der Waals surface area contributed by atoms with Gasteiger partial charge in [0, 0.05) is 55.4 Å². The molecule has 3 aromatic heterocycles. The summed E-state index contributed by atoms with van der Waals surface area (Å²) in [5, 5.41) is 16.6. The highest BCUT2D eigenvalue weighted by Crippen LogP contribution is 2.34. The van der Waals surface area contributed by atoms with Crippen molar-refractivity contribution in [2.75, 3.05) is 26.2 Å². The number of fused-ring (bicyclic) bond motifs is 3. The quantitative estimate of drug-likeness (QED) is 0.412. The number of H-pyrrole nitrogens is 1. The zero-order chi connectivity index (χ0) is 23.8. The molecule has 1 aliphatic heterocycles. The van der Waals surface area contributed by atoms with E-state index in [1.54, 1.807) is 6.20 Å². The molecule has 1 N–H and O–H groups in total. The Morgan fingerprint density at radius 2 is 1.71 bits per heavy atom. The van der Waals surface area contributed by atoms with E-state index >= 15 is 0 Å². The zero-order valence-corrected chi connectivity index (χ0v) is 19.1. The van der Waals surface area contributed by atoms with Crippen LogP contribution < -0.4 is 5.69 Å². The molecule has 1 saturated heterocycles. The Kier molecular flexibility index (Phi) is 5.24. The molecule has 0 atom stereocenters. The lowest BCUT2D eigenvalue weighted by atomic mass is 9.97. The number of rotatable bonds is 4. The number of pyridine rings is 2. The minimum absolute atomic E-state index is 0.267. The molecule has 0 aliphatic carbocycles. The van der Waals surface area contributed by atoms with Crippen molar-refractivity contribution in [2.24, 2.45) is 0 Å². The zero-order valence-electron chi connectivity index (χ0n) is 19.1. The van der Waals surface area contributed by atoms with Crippen molar-refractivity contribution in [3.8, 4) is 28.6 Å². The predicted molar refractivity (Wildman–Crippen MR) is 134 cm³/mol. The number of hydrogen-bond acceptors (Lipinski definition) is 6. The highest BCUT2D eigenvalue weighted by molar-refractivity contribution is 5.98. The van der Waals surface area contributed by atoms with E-state index in [2.05, 4.69) is 63.8 Å². The fourth-order valence-corrected chi connectivity index (χ4v) is 4.70. The first-order valence-electron chi connectivity index (χ1n) is 11.6. The van der Waals surface area contributed by atoms with Crippen LogP contribution in [0.3, 0.4) is 0 Å². The molecule has 2 aromatic carbocycles. The van der Waals surface area contributed by atoms with Gasteiger partial charge in [-0.25, -0.2) is 19.3 Å². The van der Waals surface area contributed by atoms with Gasteiger partial charge in [0.05, 0.1) is 11.2 Å². The van der Waals surface area contributed by atoms with Gasteiger partial charge in [-0.2, -0.15) is 10.4 Å². The van der Waals surface area contributed by atoms with Gasteiger partial charge in [-0.3, -0.25) is 4.90 Å². The highest BCUT2D eigenvalue weighted by atomic mass is 16.1. The maximum Gasteiger partial charge on any atom is 0.347 e. The van der Waals surface area contributed by atoms with Crippen LogP contribution in [0.1, 0.15) is 5.56 Å². The van der Waals surface area contributed by atoms with Gasteiger partial charge in [-0.1, -0.05) is 54.6 Å². The van der Waals surface area contributed by atoms with E-state index in [9.17, 15) is 4.79 Å². The van der Waals surface area contributed by atoms with Crippen molar-refractivity contribution in [3.05, 3.63) is 89.0 Å². The van der Waals surface area contributed by atoms with Gasteiger partial charge < -0.3 is 4.90 Å². The molecule has 1 fully saturated rings. The van der Waals surface area contributed by atoms with Crippen LogP contribution in [0.2, 0.25) is 0 Å². The third kappa shape index (κ3) is 3.92. The number of aromatic amines is 1. The largest absolute Gasteiger partial charge is 0.347 e. The molecule has 8 nitrogen and oxygen atoms in total. The summed E-state index contributed by atoms with van der Waals surface area (Å²) in [6.07, 6.45) is 3.94. The molecule has 0 saturated carbocycles. The normalized spacial score (nSPS) is 14.4. The standard InChI is InChI=1S/C27H23N7O/c28-18-33-14-12-32(13-15-33)17-19-6-8-21(9-7-19)25-22(20-4-2-1-3-5-20)16-23-24(29-25)10-11-34-26(23)30-31-27(34)35/h1-11,16H,12-15,17H2,(H,31,35). The molecule has 6 rings (SSSR count). The van der Waals surface area contributed by atoms with Gasteiger partial charge in [-0.15, -0.1) is 0 Å². The predicted octanol–water partition coefficient (Wildman–Crippen LogP) is 3.50. The minimum atomic E-state index is -0.267.